The van der Waals surface area contributed by atoms with E-state index < -0.39 is 0 Å². The Morgan fingerprint density at radius 3 is 2.63 bits per heavy atom. The third-order valence-electron chi connectivity index (χ3n) is 4.63. The van der Waals surface area contributed by atoms with Crippen molar-refractivity contribution in [3.63, 3.8) is 0 Å². The highest BCUT2D eigenvalue weighted by Gasteiger charge is 2.19. The number of fused-ring (bicyclic) bond motifs is 1. The summed E-state index contributed by atoms with van der Waals surface area (Å²) in [6.45, 7) is 6.71. The van der Waals surface area contributed by atoms with Crippen LogP contribution in [0.2, 0.25) is 0 Å². The molecule has 1 aliphatic rings. The van der Waals surface area contributed by atoms with Crippen molar-refractivity contribution < 1.29 is 9.53 Å². The maximum Gasteiger partial charge on any atom is 0.266 e. The number of aryl methyl sites for hydroxylation is 2. The molecule has 1 aromatic carbocycles. The number of aromatic nitrogens is 2. The summed E-state index contributed by atoms with van der Waals surface area (Å²) in [7, 11) is 0. The molecule has 1 saturated heterocycles. The second kappa shape index (κ2) is 7.13. The van der Waals surface area contributed by atoms with Gasteiger partial charge in [-0.2, -0.15) is 0 Å². The van der Waals surface area contributed by atoms with Gasteiger partial charge in [0.15, 0.2) is 0 Å². The number of nitrogens with zero attached hydrogens (tertiary/aromatic N) is 2. The predicted octanol–water partition coefficient (Wildman–Crippen LogP) is 2.69. The lowest BCUT2D eigenvalue weighted by Gasteiger charge is -2.28. The zero-order valence-electron chi connectivity index (χ0n) is 15.2. The summed E-state index contributed by atoms with van der Waals surface area (Å²) < 4.78 is 5.37. The Morgan fingerprint density at radius 1 is 1.22 bits per heavy atom. The molecule has 0 aliphatic carbocycles. The van der Waals surface area contributed by atoms with Crippen LogP contribution in [0.15, 0.2) is 29.1 Å². The fourth-order valence-electron chi connectivity index (χ4n) is 3.23. The van der Waals surface area contributed by atoms with Crippen molar-refractivity contribution in [1.82, 2.24) is 9.97 Å². The van der Waals surface area contributed by atoms with Crippen molar-refractivity contribution >= 4 is 38.8 Å². The quantitative estimate of drug-likeness (QED) is 0.725. The third-order valence-corrected chi connectivity index (χ3v) is 5.81. The smallest absolute Gasteiger partial charge is 0.266 e. The first kappa shape index (κ1) is 17.7. The van der Waals surface area contributed by atoms with Gasteiger partial charge >= 0.3 is 0 Å². The molecule has 7 nitrogen and oxygen atoms in total. The molecule has 0 radical (unpaired) electrons. The number of morpholine rings is 1. The number of nitrogens with one attached hydrogen (secondary N) is 2. The minimum atomic E-state index is -0.230. The first-order valence-electron chi connectivity index (χ1n) is 8.77. The molecule has 3 heterocycles. The zero-order chi connectivity index (χ0) is 19.0. The molecule has 0 bridgehead atoms. The molecule has 1 amide bonds. The van der Waals surface area contributed by atoms with Crippen molar-refractivity contribution in [3.05, 3.63) is 50.9 Å². The molecule has 2 N–H and O–H groups in total. The zero-order valence-corrected chi connectivity index (χ0v) is 16.0. The summed E-state index contributed by atoms with van der Waals surface area (Å²) >= 11 is 1.24. The van der Waals surface area contributed by atoms with E-state index in [0.717, 1.165) is 32.0 Å². The molecule has 0 unspecified atom stereocenters. The maximum atomic E-state index is 12.7. The van der Waals surface area contributed by atoms with Gasteiger partial charge in [0.05, 0.1) is 23.5 Å². The standard InChI is InChI=1S/C19H20N4O3S/c1-11-15-17(24)20-12(2)21-19(15)27-16(11)18(25)22-13-3-5-14(6-4-13)23-7-9-26-10-8-23/h3-6H,7-10H2,1-2H3,(H,22,25)(H,20,21,24). The lowest BCUT2D eigenvalue weighted by atomic mass is 10.2. The largest absolute Gasteiger partial charge is 0.378 e. The Balaban J connectivity index is 1.55. The number of aromatic amines is 1. The van der Waals surface area contributed by atoms with Crippen LogP contribution in [-0.2, 0) is 4.74 Å². The van der Waals surface area contributed by atoms with Crippen LogP contribution < -0.4 is 15.8 Å². The summed E-state index contributed by atoms with van der Waals surface area (Å²) in [6.07, 6.45) is 0. The topological polar surface area (TPSA) is 87.3 Å². The monoisotopic (exact) mass is 384 g/mol. The summed E-state index contributed by atoms with van der Waals surface area (Å²) in [5.41, 5.74) is 2.28. The minimum absolute atomic E-state index is 0.208. The molecular weight excluding hydrogens is 364 g/mol. The van der Waals surface area contributed by atoms with E-state index in [2.05, 4.69) is 20.2 Å². The number of carbonyl (C=O) groups is 1. The van der Waals surface area contributed by atoms with Gasteiger partial charge in [0.25, 0.3) is 11.5 Å². The van der Waals surface area contributed by atoms with Gasteiger partial charge < -0.3 is 19.9 Å². The van der Waals surface area contributed by atoms with Crippen LogP contribution in [0.4, 0.5) is 11.4 Å². The lowest BCUT2D eigenvalue weighted by molar-refractivity contribution is 0.103. The average molecular weight is 384 g/mol. The van der Waals surface area contributed by atoms with E-state index in [-0.39, 0.29) is 11.5 Å². The number of anilines is 2. The molecule has 0 saturated carbocycles. The van der Waals surface area contributed by atoms with Crippen LogP contribution in [0.3, 0.4) is 0 Å². The number of hydrogen-bond acceptors (Lipinski definition) is 6. The molecule has 0 spiro atoms. The van der Waals surface area contributed by atoms with Crippen molar-refractivity contribution in [2.24, 2.45) is 0 Å². The fraction of sp³-hybridized carbons (Fsp3) is 0.316. The lowest BCUT2D eigenvalue weighted by Crippen LogP contribution is -2.36. The normalized spacial score (nSPS) is 14.5. The van der Waals surface area contributed by atoms with E-state index in [1.54, 1.807) is 13.8 Å². The Labute approximate surface area is 160 Å². The highest BCUT2D eigenvalue weighted by molar-refractivity contribution is 7.20. The number of benzene rings is 1. The van der Waals surface area contributed by atoms with E-state index >= 15 is 0 Å². The second-order valence-corrected chi connectivity index (χ2v) is 7.49. The number of amides is 1. The first-order valence-corrected chi connectivity index (χ1v) is 9.58. The summed E-state index contributed by atoms with van der Waals surface area (Å²) in [6, 6.07) is 7.77. The second-order valence-electron chi connectivity index (χ2n) is 6.49. The first-order chi connectivity index (χ1) is 13.0. The Hall–Kier alpha value is -2.71. The van der Waals surface area contributed by atoms with E-state index in [1.807, 2.05) is 24.3 Å². The summed E-state index contributed by atoms with van der Waals surface area (Å²) in [4.78, 5) is 35.3. The number of hydrogen-bond donors (Lipinski definition) is 2. The van der Waals surface area contributed by atoms with Crippen LogP contribution in [0, 0.1) is 13.8 Å². The van der Waals surface area contributed by atoms with Crippen LogP contribution in [0.1, 0.15) is 21.1 Å². The van der Waals surface area contributed by atoms with E-state index in [1.165, 1.54) is 11.3 Å². The van der Waals surface area contributed by atoms with Gasteiger partial charge in [-0.1, -0.05) is 0 Å². The van der Waals surface area contributed by atoms with Crippen molar-refractivity contribution in [1.29, 1.82) is 0 Å². The Morgan fingerprint density at radius 2 is 1.93 bits per heavy atom. The van der Waals surface area contributed by atoms with E-state index in [0.29, 0.717) is 32.2 Å². The number of carbonyl (C=O) groups excluding carboxylic acids is 1. The minimum Gasteiger partial charge on any atom is -0.378 e. The van der Waals surface area contributed by atoms with Gasteiger partial charge in [0, 0.05) is 24.5 Å². The molecule has 4 rings (SSSR count). The van der Waals surface area contributed by atoms with Gasteiger partial charge in [0.1, 0.15) is 10.7 Å². The SMILES string of the molecule is Cc1nc2sc(C(=O)Nc3ccc(N4CCOCC4)cc3)c(C)c2c(=O)[nH]1. The predicted molar refractivity (Wildman–Crippen MR) is 107 cm³/mol. The molecular formula is C19H20N4O3S. The van der Waals surface area contributed by atoms with Crippen LogP contribution in [-0.4, -0.2) is 42.2 Å². The van der Waals surface area contributed by atoms with Gasteiger partial charge in [-0.15, -0.1) is 11.3 Å². The van der Waals surface area contributed by atoms with Crippen molar-refractivity contribution in [3.8, 4) is 0 Å². The molecule has 2 aromatic heterocycles. The number of rotatable bonds is 3. The van der Waals surface area contributed by atoms with Gasteiger partial charge in [-0.25, -0.2) is 4.98 Å². The molecule has 0 atom stereocenters. The van der Waals surface area contributed by atoms with Crippen LogP contribution in [0.5, 0.6) is 0 Å². The van der Waals surface area contributed by atoms with Crippen LogP contribution in [0.25, 0.3) is 10.2 Å². The van der Waals surface area contributed by atoms with Crippen LogP contribution >= 0.6 is 11.3 Å². The number of ether oxygens (including phenoxy) is 1. The highest BCUT2D eigenvalue weighted by Crippen LogP contribution is 2.28. The highest BCUT2D eigenvalue weighted by atomic mass is 32.1. The average Bonchev–Trinajstić information content (AvgIpc) is 3.00. The molecule has 3 aromatic rings. The number of thiophene rings is 1. The Bertz CT molecular complexity index is 1050. The fourth-order valence-corrected chi connectivity index (χ4v) is 4.36. The van der Waals surface area contributed by atoms with Crippen molar-refractivity contribution in [2.75, 3.05) is 36.5 Å². The molecule has 1 aliphatic heterocycles. The third kappa shape index (κ3) is 3.45. The maximum absolute atomic E-state index is 12.7. The molecule has 140 valence electrons. The molecule has 8 heteroatoms. The van der Waals surface area contributed by atoms with Crippen molar-refractivity contribution in [2.45, 2.75) is 13.8 Å². The molecule has 27 heavy (non-hydrogen) atoms. The summed E-state index contributed by atoms with van der Waals surface area (Å²) in [5.74, 6) is 0.311. The van der Waals surface area contributed by atoms with Gasteiger partial charge in [-0.05, 0) is 43.7 Å². The van der Waals surface area contributed by atoms with E-state index in [4.69, 9.17) is 4.74 Å². The van der Waals surface area contributed by atoms with Gasteiger partial charge in [-0.3, -0.25) is 9.59 Å². The summed E-state index contributed by atoms with van der Waals surface area (Å²) in [5, 5.41) is 3.40. The van der Waals surface area contributed by atoms with E-state index in [9.17, 15) is 9.59 Å². The number of H-pyrrole nitrogens is 1. The Kier molecular flexibility index (Phi) is 4.67. The van der Waals surface area contributed by atoms with Gasteiger partial charge in [0.2, 0.25) is 0 Å². The molecule has 1 fully saturated rings.